The van der Waals surface area contributed by atoms with E-state index in [1.165, 1.54) is 14.2 Å². The minimum absolute atomic E-state index is 0.0407. The molecule has 120 valence electrons. The van der Waals surface area contributed by atoms with Crippen LogP contribution in [0, 0.1) is 23.3 Å². The fraction of sp³-hybridized carbons (Fsp3) is 0.455. The number of anilines is 1. The number of halogens is 5. The molecule has 0 saturated heterocycles. The Bertz CT molecular complexity index is 501. The van der Waals surface area contributed by atoms with E-state index >= 15 is 0 Å². The smallest absolute Gasteiger partial charge is 0.390 e. The van der Waals surface area contributed by atoms with Crippen LogP contribution in [0.15, 0.2) is 6.07 Å². The van der Waals surface area contributed by atoms with Crippen molar-refractivity contribution in [2.75, 3.05) is 25.9 Å². The molecular weight excluding hydrogens is 317 g/mol. The highest BCUT2D eigenvalue weighted by Crippen LogP contribution is 2.27. The summed E-state index contributed by atoms with van der Waals surface area (Å²) in [7, 11) is -0.973. The molecule has 4 nitrogen and oxygen atoms in total. The Labute approximate surface area is 119 Å². The maximum Gasteiger partial charge on any atom is 0.497 e. The van der Waals surface area contributed by atoms with Crippen molar-refractivity contribution in [3.63, 3.8) is 0 Å². The summed E-state index contributed by atoms with van der Waals surface area (Å²) in [6.45, 7) is -0.497. The van der Waals surface area contributed by atoms with Crippen LogP contribution in [-0.2, 0) is 8.85 Å². The molecule has 0 unspecified atom stereocenters. The van der Waals surface area contributed by atoms with E-state index in [0.29, 0.717) is 0 Å². The summed E-state index contributed by atoms with van der Waals surface area (Å²) in [5.74, 6) is -7.63. The van der Waals surface area contributed by atoms with E-state index in [4.69, 9.17) is 8.85 Å². The molecule has 1 aromatic carbocycles. The van der Waals surface area contributed by atoms with Crippen molar-refractivity contribution < 1.29 is 35.7 Å². The van der Waals surface area contributed by atoms with E-state index in [-0.39, 0.29) is 23.7 Å². The molecule has 0 heterocycles. The van der Waals surface area contributed by atoms with Crippen molar-refractivity contribution in [3.05, 3.63) is 29.3 Å². The molecule has 0 aliphatic rings. The quantitative estimate of drug-likeness (QED) is 0.274. The molecule has 0 radical (unpaired) electrons. The van der Waals surface area contributed by atoms with Crippen molar-refractivity contribution in [1.29, 1.82) is 0 Å². The van der Waals surface area contributed by atoms with Gasteiger partial charge in [-0.25, -0.2) is 22.7 Å². The topological polar surface area (TPSA) is 41.9 Å². The highest BCUT2D eigenvalue weighted by atomic mass is 28.4. The third-order valence-corrected chi connectivity index (χ3v) is 5.09. The first kappa shape index (κ1) is 17.8. The first-order valence-corrected chi connectivity index (χ1v) is 7.81. The summed E-state index contributed by atoms with van der Waals surface area (Å²) >= 11 is 0. The number of benzene rings is 1. The van der Waals surface area contributed by atoms with Crippen LogP contribution in [0.1, 0.15) is 6.42 Å². The van der Waals surface area contributed by atoms with E-state index in [1.807, 2.05) is 0 Å². The van der Waals surface area contributed by atoms with Crippen LogP contribution in [-0.4, -0.2) is 34.4 Å². The van der Waals surface area contributed by atoms with E-state index in [2.05, 4.69) is 0 Å². The summed E-state index contributed by atoms with van der Waals surface area (Å²) in [4.78, 5) is 9.70. The molecule has 0 fully saturated rings. The average Bonchev–Trinajstić information content (AvgIpc) is 2.48. The van der Waals surface area contributed by atoms with Gasteiger partial charge in [0, 0.05) is 26.3 Å². The summed E-state index contributed by atoms with van der Waals surface area (Å²) < 4.78 is 75.1. The fourth-order valence-corrected chi connectivity index (χ4v) is 2.77. The number of hydrogen-bond acceptors (Lipinski definition) is 4. The Balaban J connectivity index is 2.75. The second-order valence-corrected chi connectivity index (χ2v) is 6.87. The second kappa shape index (κ2) is 7.16. The van der Waals surface area contributed by atoms with Gasteiger partial charge in [-0.1, -0.05) is 4.48 Å². The second-order valence-electron chi connectivity index (χ2n) is 4.13. The highest BCUT2D eigenvalue weighted by Gasteiger charge is 2.34. The van der Waals surface area contributed by atoms with Gasteiger partial charge in [0.1, 0.15) is 5.69 Å². The van der Waals surface area contributed by atoms with Gasteiger partial charge in [0.25, 0.3) is 0 Å². The van der Waals surface area contributed by atoms with E-state index in [9.17, 15) is 26.8 Å². The van der Waals surface area contributed by atoms with Gasteiger partial charge < -0.3 is 13.6 Å². The standard InChI is InChI=1S/C11H14F5NO3Si/c1-19-21(18,20-2)5-3-4-17(16)8-6-7(12)9(13)11(15)10(8)14/h6,18H,3-5H2,1-2H3. The van der Waals surface area contributed by atoms with Crippen LogP contribution < -0.4 is 5.12 Å². The van der Waals surface area contributed by atoms with Crippen LogP contribution in [0.25, 0.3) is 0 Å². The average molecular weight is 331 g/mol. The number of nitrogens with zero attached hydrogens (tertiary/aromatic N) is 1. The van der Waals surface area contributed by atoms with Crippen molar-refractivity contribution >= 4 is 14.5 Å². The SMILES string of the molecule is CO[Si](O)(CCCN(F)c1cc(F)c(F)c(F)c1F)OC. The lowest BCUT2D eigenvalue weighted by Crippen LogP contribution is -2.40. The van der Waals surface area contributed by atoms with Crippen molar-refractivity contribution in [1.82, 2.24) is 0 Å². The molecule has 10 heteroatoms. The van der Waals surface area contributed by atoms with E-state index in [0.717, 1.165) is 0 Å². The molecule has 0 atom stereocenters. The molecule has 1 rings (SSSR count). The van der Waals surface area contributed by atoms with Crippen molar-refractivity contribution in [2.24, 2.45) is 0 Å². The third kappa shape index (κ3) is 4.12. The molecule has 0 aromatic heterocycles. The number of hydrogen-bond donors (Lipinski definition) is 1. The van der Waals surface area contributed by atoms with Gasteiger partial charge >= 0.3 is 8.80 Å². The summed E-state index contributed by atoms with van der Waals surface area (Å²) in [6.07, 6.45) is -0.0407. The Hall–Kier alpha value is -1.23. The zero-order valence-electron chi connectivity index (χ0n) is 11.3. The van der Waals surface area contributed by atoms with Crippen LogP contribution >= 0.6 is 0 Å². The summed E-state index contributed by atoms with van der Waals surface area (Å²) in [6, 6.07) is 0.165. The first-order valence-electron chi connectivity index (χ1n) is 5.84. The van der Waals surface area contributed by atoms with Crippen LogP contribution in [0.2, 0.25) is 6.04 Å². The first-order chi connectivity index (χ1) is 9.75. The molecule has 1 aromatic rings. The van der Waals surface area contributed by atoms with Gasteiger partial charge in [-0.3, -0.25) is 0 Å². The van der Waals surface area contributed by atoms with Crippen LogP contribution in [0.4, 0.5) is 27.7 Å². The largest absolute Gasteiger partial charge is 0.497 e. The van der Waals surface area contributed by atoms with Gasteiger partial charge in [0.15, 0.2) is 23.3 Å². The molecule has 0 amide bonds. The predicted molar refractivity (Wildman–Crippen MR) is 66.1 cm³/mol. The molecule has 0 aliphatic carbocycles. The van der Waals surface area contributed by atoms with Crippen molar-refractivity contribution in [3.8, 4) is 0 Å². The molecule has 0 aliphatic heterocycles. The van der Waals surface area contributed by atoms with Crippen LogP contribution in [0.5, 0.6) is 0 Å². The maximum absolute atomic E-state index is 13.7. The Morgan fingerprint density at radius 2 is 1.67 bits per heavy atom. The van der Waals surface area contributed by atoms with Crippen molar-refractivity contribution in [2.45, 2.75) is 12.5 Å². The monoisotopic (exact) mass is 331 g/mol. The Morgan fingerprint density at radius 3 is 2.19 bits per heavy atom. The van der Waals surface area contributed by atoms with Gasteiger partial charge in [-0.05, 0) is 6.42 Å². The van der Waals surface area contributed by atoms with E-state index in [1.54, 1.807) is 0 Å². The number of rotatable bonds is 7. The van der Waals surface area contributed by atoms with Gasteiger partial charge in [0.05, 0.1) is 6.54 Å². The normalized spacial score (nSPS) is 11.8. The van der Waals surface area contributed by atoms with Gasteiger partial charge in [0.2, 0.25) is 0 Å². The minimum atomic E-state index is -3.40. The Kier molecular flexibility index (Phi) is 6.07. The van der Waals surface area contributed by atoms with E-state index < -0.39 is 44.3 Å². The molecule has 0 bridgehead atoms. The fourth-order valence-electron chi connectivity index (χ4n) is 1.59. The predicted octanol–water partition coefficient (Wildman–Crippen LogP) is 2.55. The molecule has 0 spiro atoms. The summed E-state index contributed by atoms with van der Waals surface area (Å²) in [5, 5.41) is -0.277. The molecule has 0 saturated carbocycles. The van der Waals surface area contributed by atoms with Gasteiger partial charge in [-0.2, -0.15) is 0 Å². The zero-order chi connectivity index (χ0) is 16.2. The van der Waals surface area contributed by atoms with Gasteiger partial charge in [-0.15, -0.1) is 0 Å². The Morgan fingerprint density at radius 1 is 1.10 bits per heavy atom. The molecular formula is C11H14F5NO3Si. The molecule has 1 N–H and O–H groups in total. The minimum Gasteiger partial charge on any atom is -0.390 e. The zero-order valence-corrected chi connectivity index (χ0v) is 12.3. The lowest BCUT2D eigenvalue weighted by molar-refractivity contribution is 0.150. The lowest BCUT2D eigenvalue weighted by atomic mass is 10.2. The molecule has 21 heavy (non-hydrogen) atoms. The maximum atomic E-state index is 13.7. The highest BCUT2D eigenvalue weighted by molar-refractivity contribution is 6.59. The lowest BCUT2D eigenvalue weighted by Gasteiger charge is -2.21. The third-order valence-electron chi connectivity index (χ3n) is 2.83. The van der Waals surface area contributed by atoms with Crippen LogP contribution in [0.3, 0.4) is 0 Å². The summed E-state index contributed by atoms with van der Waals surface area (Å²) in [5.41, 5.74) is -1.06.